The first-order chi connectivity index (χ1) is 9.03. The zero-order valence-electron chi connectivity index (χ0n) is 11.5. The molecule has 1 atom stereocenters. The normalized spacial score (nSPS) is 13.6. The van der Waals surface area contributed by atoms with Crippen LogP contribution in [-0.2, 0) is 6.42 Å². The summed E-state index contributed by atoms with van der Waals surface area (Å²) in [5.41, 5.74) is 0.327. The van der Waals surface area contributed by atoms with E-state index in [1.165, 1.54) is 5.56 Å². The minimum absolute atomic E-state index is 0.239. The molecule has 4 nitrogen and oxygen atoms in total. The maximum Gasteiger partial charge on any atom is 0.314 e. The van der Waals surface area contributed by atoms with Crippen molar-refractivity contribution in [3.8, 4) is 0 Å². The van der Waals surface area contributed by atoms with E-state index in [1.54, 1.807) is 18.7 Å². The molecule has 0 saturated carbocycles. The molecule has 1 aromatic rings. The van der Waals surface area contributed by atoms with E-state index < -0.39 is 5.60 Å². The largest absolute Gasteiger partial charge is 0.387 e. The van der Waals surface area contributed by atoms with Gasteiger partial charge in [-0.3, -0.25) is 0 Å². The fourth-order valence-corrected chi connectivity index (χ4v) is 2.38. The van der Waals surface area contributed by atoms with Gasteiger partial charge in [0.15, 0.2) is 0 Å². The predicted octanol–water partition coefficient (Wildman–Crippen LogP) is 1.64. The molecule has 0 aromatic heterocycles. The summed E-state index contributed by atoms with van der Waals surface area (Å²) in [5.74, 6) is 0.595. The highest BCUT2D eigenvalue weighted by Gasteiger charge is 2.20. The van der Waals surface area contributed by atoms with Gasteiger partial charge in [-0.05, 0) is 25.2 Å². The molecule has 1 rings (SSSR count). The summed E-state index contributed by atoms with van der Waals surface area (Å²) in [6.45, 7) is 2.55. The number of urea groups is 1. The van der Waals surface area contributed by atoms with E-state index in [2.05, 4.69) is 10.6 Å². The van der Waals surface area contributed by atoms with Crippen LogP contribution in [0, 0.1) is 0 Å². The molecule has 0 saturated heterocycles. The first kappa shape index (κ1) is 15.9. The number of carbonyl (C=O) groups is 1. The Morgan fingerprint density at radius 3 is 2.63 bits per heavy atom. The number of benzene rings is 1. The number of rotatable bonds is 7. The van der Waals surface area contributed by atoms with Crippen LogP contribution in [0.1, 0.15) is 12.5 Å². The number of thioether (sulfide) groups is 1. The van der Waals surface area contributed by atoms with Crippen LogP contribution < -0.4 is 10.6 Å². The Morgan fingerprint density at radius 1 is 1.32 bits per heavy atom. The molecule has 0 spiro atoms. The molecule has 5 heteroatoms. The number of nitrogens with one attached hydrogen (secondary N) is 2. The maximum atomic E-state index is 11.5. The highest BCUT2D eigenvalue weighted by atomic mass is 32.2. The second-order valence-corrected chi connectivity index (χ2v) is 5.64. The van der Waals surface area contributed by atoms with E-state index in [9.17, 15) is 9.90 Å². The van der Waals surface area contributed by atoms with E-state index in [4.69, 9.17) is 0 Å². The maximum absolute atomic E-state index is 11.5. The van der Waals surface area contributed by atoms with Crippen molar-refractivity contribution in [2.24, 2.45) is 0 Å². The van der Waals surface area contributed by atoms with Gasteiger partial charge in [-0.25, -0.2) is 4.79 Å². The molecule has 0 radical (unpaired) electrons. The average Bonchev–Trinajstić information content (AvgIpc) is 2.38. The van der Waals surface area contributed by atoms with Gasteiger partial charge in [0.25, 0.3) is 0 Å². The van der Waals surface area contributed by atoms with Crippen LogP contribution in [0.25, 0.3) is 0 Å². The van der Waals surface area contributed by atoms with E-state index in [-0.39, 0.29) is 12.6 Å². The molecular formula is C14H22N2O2S. The quantitative estimate of drug-likeness (QED) is 0.712. The number of carbonyl (C=O) groups excluding carboxylic acids is 1. The van der Waals surface area contributed by atoms with E-state index in [0.717, 1.165) is 6.42 Å². The summed E-state index contributed by atoms with van der Waals surface area (Å²) in [6, 6.07) is 9.75. The van der Waals surface area contributed by atoms with Gasteiger partial charge < -0.3 is 15.7 Å². The molecule has 3 N–H and O–H groups in total. The first-order valence-electron chi connectivity index (χ1n) is 6.30. The zero-order chi connectivity index (χ0) is 14.1. The molecule has 106 valence electrons. The van der Waals surface area contributed by atoms with Crippen LogP contribution in [-0.4, -0.2) is 41.8 Å². The standard InChI is InChI=1S/C14H22N2O2S/c1-14(18,11-19-2)10-16-13(17)15-9-8-12-6-4-3-5-7-12/h3-7,18H,8-11H2,1-2H3,(H2,15,16,17)/t14-/m0/s1. The van der Waals surface area contributed by atoms with Crippen molar-refractivity contribution in [2.45, 2.75) is 18.9 Å². The van der Waals surface area contributed by atoms with E-state index in [0.29, 0.717) is 12.3 Å². The lowest BCUT2D eigenvalue weighted by molar-refractivity contribution is 0.0869. The summed E-state index contributed by atoms with van der Waals surface area (Å²) in [5, 5.41) is 15.4. The Morgan fingerprint density at radius 2 is 2.00 bits per heavy atom. The van der Waals surface area contributed by atoms with Gasteiger partial charge >= 0.3 is 6.03 Å². The van der Waals surface area contributed by atoms with Crippen molar-refractivity contribution in [3.05, 3.63) is 35.9 Å². The van der Waals surface area contributed by atoms with Crippen molar-refractivity contribution < 1.29 is 9.90 Å². The molecule has 0 fully saturated rings. The number of aliphatic hydroxyl groups is 1. The summed E-state index contributed by atoms with van der Waals surface area (Å²) in [4.78, 5) is 11.5. The smallest absolute Gasteiger partial charge is 0.314 e. The summed E-state index contributed by atoms with van der Waals surface area (Å²) in [6.07, 6.45) is 2.73. The Labute approximate surface area is 119 Å². The molecule has 1 aromatic carbocycles. The van der Waals surface area contributed by atoms with Gasteiger partial charge in [-0.15, -0.1) is 0 Å². The third-order valence-electron chi connectivity index (χ3n) is 2.63. The molecule has 0 aliphatic heterocycles. The number of hydrogen-bond donors (Lipinski definition) is 3. The molecule has 0 aliphatic rings. The van der Waals surface area contributed by atoms with Crippen molar-refractivity contribution in [2.75, 3.05) is 25.1 Å². The van der Waals surface area contributed by atoms with Gasteiger partial charge in [-0.1, -0.05) is 30.3 Å². The Balaban J connectivity index is 2.18. The Hall–Kier alpha value is -1.20. The highest BCUT2D eigenvalue weighted by Crippen LogP contribution is 2.08. The van der Waals surface area contributed by atoms with Crippen molar-refractivity contribution in [1.82, 2.24) is 10.6 Å². The third-order valence-corrected chi connectivity index (χ3v) is 3.54. The molecule has 0 aliphatic carbocycles. The molecule has 0 heterocycles. The summed E-state index contributed by atoms with van der Waals surface area (Å²) >= 11 is 1.55. The van der Waals surface area contributed by atoms with Gasteiger partial charge in [0.2, 0.25) is 0 Å². The van der Waals surface area contributed by atoms with Crippen LogP contribution in [0.4, 0.5) is 4.79 Å². The van der Waals surface area contributed by atoms with Crippen LogP contribution in [0.15, 0.2) is 30.3 Å². The van der Waals surface area contributed by atoms with Crippen LogP contribution in [0.5, 0.6) is 0 Å². The molecule has 0 bridgehead atoms. The van der Waals surface area contributed by atoms with Crippen molar-refractivity contribution in [3.63, 3.8) is 0 Å². The monoisotopic (exact) mass is 282 g/mol. The Kier molecular flexibility index (Phi) is 6.73. The molecular weight excluding hydrogens is 260 g/mol. The third kappa shape index (κ3) is 7.08. The van der Waals surface area contributed by atoms with Gasteiger partial charge in [-0.2, -0.15) is 11.8 Å². The van der Waals surface area contributed by atoms with Gasteiger partial charge in [0.1, 0.15) is 0 Å². The second-order valence-electron chi connectivity index (χ2n) is 4.78. The van der Waals surface area contributed by atoms with Crippen LogP contribution in [0.2, 0.25) is 0 Å². The lowest BCUT2D eigenvalue weighted by atomic mass is 10.1. The van der Waals surface area contributed by atoms with Gasteiger partial charge in [0, 0.05) is 18.8 Å². The minimum Gasteiger partial charge on any atom is -0.387 e. The molecule has 0 unspecified atom stereocenters. The Bertz CT molecular complexity index is 382. The highest BCUT2D eigenvalue weighted by molar-refractivity contribution is 7.98. The van der Waals surface area contributed by atoms with Crippen molar-refractivity contribution >= 4 is 17.8 Å². The van der Waals surface area contributed by atoms with E-state index >= 15 is 0 Å². The minimum atomic E-state index is -0.865. The lowest BCUT2D eigenvalue weighted by Gasteiger charge is -2.22. The molecule has 2 amide bonds. The van der Waals surface area contributed by atoms with Crippen molar-refractivity contribution in [1.29, 1.82) is 0 Å². The fourth-order valence-electron chi connectivity index (χ4n) is 1.66. The summed E-state index contributed by atoms with van der Waals surface area (Å²) in [7, 11) is 0. The second kappa shape index (κ2) is 8.07. The van der Waals surface area contributed by atoms with Gasteiger partial charge in [0.05, 0.1) is 5.60 Å². The van der Waals surface area contributed by atoms with Crippen LogP contribution in [0.3, 0.4) is 0 Å². The number of hydrogen-bond acceptors (Lipinski definition) is 3. The average molecular weight is 282 g/mol. The lowest BCUT2D eigenvalue weighted by Crippen LogP contribution is -2.46. The fraction of sp³-hybridized carbons (Fsp3) is 0.500. The van der Waals surface area contributed by atoms with E-state index in [1.807, 2.05) is 36.6 Å². The zero-order valence-corrected chi connectivity index (χ0v) is 12.3. The first-order valence-corrected chi connectivity index (χ1v) is 7.70. The topological polar surface area (TPSA) is 61.4 Å². The number of amides is 2. The summed E-state index contributed by atoms with van der Waals surface area (Å²) < 4.78 is 0. The molecule has 19 heavy (non-hydrogen) atoms. The van der Waals surface area contributed by atoms with Crippen LogP contribution >= 0.6 is 11.8 Å². The SMILES string of the molecule is CSC[C@@](C)(O)CNC(=O)NCCc1ccccc1. The predicted molar refractivity (Wildman–Crippen MR) is 80.6 cm³/mol.